The van der Waals surface area contributed by atoms with Gasteiger partial charge in [0.2, 0.25) is 5.91 Å². The number of aromatic nitrogens is 1. The van der Waals surface area contributed by atoms with Gasteiger partial charge in [0.1, 0.15) is 4.99 Å². The Morgan fingerprint density at radius 2 is 2.11 bits per heavy atom. The third-order valence-electron chi connectivity index (χ3n) is 2.39. The van der Waals surface area contributed by atoms with Crippen LogP contribution in [0, 0.1) is 13.8 Å². The summed E-state index contributed by atoms with van der Waals surface area (Å²) in [6.45, 7) is 6.43. The van der Waals surface area contributed by atoms with E-state index in [2.05, 4.69) is 15.6 Å². The second-order valence-electron chi connectivity index (χ2n) is 4.05. The van der Waals surface area contributed by atoms with E-state index in [4.69, 9.17) is 18.0 Å². The largest absolute Gasteiger partial charge is 0.389 e. The Morgan fingerprint density at radius 1 is 1.44 bits per heavy atom. The molecule has 1 amide bonds. The van der Waals surface area contributed by atoms with Crippen molar-refractivity contribution in [3.8, 4) is 0 Å². The highest BCUT2D eigenvalue weighted by Crippen LogP contribution is 2.19. The Hall–Kier alpha value is -1.69. The summed E-state index contributed by atoms with van der Waals surface area (Å²) in [6, 6.07) is 1.90. The fourth-order valence-corrected chi connectivity index (χ4v) is 1.97. The first-order valence-corrected chi connectivity index (χ1v) is 6.09. The van der Waals surface area contributed by atoms with Crippen molar-refractivity contribution in [3.63, 3.8) is 0 Å². The van der Waals surface area contributed by atoms with E-state index in [0.29, 0.717) is 18.1 Å². The molecule has 5 nitrogen and oxygen atoms in total. The number of carbonyl (C=O) groups is 1. The van der Waals surface area contributed by atoms with Gasteiger partial charge in [0.15, 0.2) is 0 Å². The van der Waals surface area contributed by atoms with Gasteiger partial charge in [-0.15, -0.1) is 0 Å². The first-order valence-electron chi connectivity index (χ1n) is 5.68. The van der Waals surface area contributed by atoms with Crippen molar-refractivity contribution >= 4 is 28.8 Å². The fourth-order valence-electron chi connectivity index (χ4n) is 1.71. The molecule has 0 bridgehead atoms. The molecule has 1 rings (SSSR count). The zero-order valence-electron chi connectivity index (χ0n) is 10.8. The normalized spacial score (nSPS) is 9.94. The third kappa shape index (κ3) is 3.96. The zero-order chi connectivity index (χ0) is 13.7. The number of hydrogen-bond donors (Lipinski definition) is 3. The van der Waals surface area contributed by atoms with Gasteiger partial charge < -0.3 is 16.4 Å². The molecule has 0 spiro atoms. The maximum absolute atomic E-state index is 10.7. The Bertz CT molecular complexity index is 473. The number of thiocarbonyl (C=S) groups is 1. The van der Waals surface area contributed by atoms with E-state index in [1.807, 2.05) is 19.9 Å². The monoisotopic (exact) mass is 266 g/mol. The van der Waals surface area contributed by atoms with Gasteiger partial charge in [-0.25, -0.2) is 0 Å². The molecule has 0 radical (unpaired) electrons. The van der Waals surface area contributed by atoms with Gasteiger partial charge in [-0.1, -0.05) is 12.2 Å². The Morgan fingerprint density at radius 3 is 2.67 bits per heavy atom. The highest BCUT2D eigenvalue weighted by molar-refractivity contribution is 7.80. The van der Waals surface area contributed by atoms with E-state index in [1.54, 1.807) is 0 Å². The number of rotatable bonds is 5. The van der Waals surface area contributed by atoms with Crippen molar-refractivity contribution in [2.24, 2.45) is 5.73 Å². The number of aryl methyl sites for hydroxylation is 2. The van der Waals surface area contributed by atoms with E-state index in [-0.39, 0.29) is 5.91 Å². The zero-order valence-corrected chi connectivity index (χ0v) is 11.6. The Kier molecular flexibility index (Phi) is 5.03. The lowest BCUT2D eigenvalue weighted by atomic mass is 10.1. The molecule has 6 heteroatoms. The third-order valence-corrected chi connectivity index (χ3v) is 2.59. The van der Waals surface area contributed by atoms with Crippen LogP contribution < -0.4 is 16.4 Å². The number of anilines is 1. The van der Waals surface area contributed by atoms with Crippen molar-refractivity contribution in [1.29, 1.82) is 0 Å². The lowest BCUT2D eigenvalue weighted by Crippen LogP contribution is -2.27. The summed E-state index contributed by atoms with van der Waals surface area (Å²) in [7, 11) is 0. The molecule has 0 aliphatic carbocycles. The summed E-state index contributed by atoms with van der Waals surface area (Å²) in [5, 5.41) is 5.92. The van der Waals surface area contributed by atoms with Crippen LogP contribution in [0.5, 0.6) is 0 Å². The van der Waals surface area contributed by atoms with Crippen LogP contribution in [0.2, 0.25) is 0 Å². The molecule has 18 heavy (non-hydrogen) atoms. The number of nitrogens with zero attached hydrogens (tertiary/aromatic N) is 1. The maximum atomic E-state index is 10.7. The summed E-state index contributed by atoms with van der Waals surface area (Å²) in [5.41, 5.74) is 9.03. The lowest BCUT2D eigenvalue weighted by molar-refractivity contribution is -0.118. The number of nitrogens with two attached hydrogens (primary N) is 1. The minimum absolute atomic E-state index is 0.0477. The van der Waals surface area contributed by atoms with Gasteiger partial charge >= 0.3 is 0 Å². The average Bonchev–Trinajstić information content (AvgIpc) is 2.22. The minimum atomic E-state index is -0.0477. The quantitative estimate of drug-likeness (QED) is 0.544. The van der Waals surface area contributed by atoms with Gasteiger partial charge in [0, 0.05) is 37.1 Å². The summed E-state index contributed by atoms with van der Waals surface area (Å²) < 4.78 is 0. The van der Waals surface area contributed by atoms with Crippen molar-refractivity contribution in [3.05, 3.63) is 23.0 Å². The molecule has 0 saturated carbocycles. The van der Waals surface area contributed by atoms with Gasteiger partial charge in [0.25, 0.3) is 0 Å². The highest BCUT2D eigenvalue weighted by Gasteiger charge is 2.10. The van der Waals surface area contributed by atoms with Crippen LogP contribution >= 0.6 is 12.2 Å². The number of carbonyl (C=O) groups excluding carboxylic acids is 1. The summed E-state index contributed by atoms with van der Waals surface area (Å²) >= 11 is 5.03. The van der Waals surface area contributed by atoms with Gasteiger partial charge in [0.05, 0.1) is 5.56 Å². The first-order chi connectivity index (χ1) is 8.41. The van der Waals surface area contributed by atoms with Crippen molar-refractivity contribution in [2.45, 2.75) is 20.8 Å². The van der Waals surface area contributed by atoms with Crippen LogP contribution in [-0.2, 0) is 4.79 Å². The van der Waals surface area contributed by atoms with E-state index >= 15 is 0 Å². The molecule has 98 valence electrons. The summed E-state index contributed by atoms with van der Waals surface area (Å²) in [5.74, 6) is -0.0477. The van der Waals surface area contributed by atoms with Gasteiger partial charge in [-0.2, -0.15) is 0 Å². The molecule has 0 aliphatic rings. The van der Waals surface area contributed by atoms with Crippen molar-refractivity contribution < 1.29 is 4.79 Å². The number of amides is 1. The molecular weight excluding hydrogens is 248 g/mol. The second-order valence-corrected chi connectivity index (χ2v) is 4.49. The molecule has 0 unspecified atom stereocenters. The van der Waals surface area contributed by atoms with Crippen LogP contribution in [0.4, 0.5) is 5.69 Å². The highest BCUT2D eigenvalue weighted by atomic mass is 32.1. The van der Waals surface area contributed by atoms with E-state index in [1.165, 1.54) is 6.92 Å². The molecule has 4 N–H and O–H groups in total. The van der Waals surface area contributed by atoms with Gasteiger partial charge in [-0.05, 0) is 19.9 Å². The van der Waals surface area contributed by atoms with Crippen LogP contribution in [0.1, 0.15) is 23.9 Å². The fraction of sp³-hybridized carbons (Fsp3) is 0.417. The molecule has 1 aromatic heterocycles. The number of hydrogen-bond acceptors (Lipinski definition) is 4. The predicted molar refractivity (Wildman–Crippen MR) is 76.8 cm³/mol. The van der Waals surface area contributed by atoms with E-state index < -0.39 is 0 Å². The molecule has 0 fully saturated rings. The molecule has 0 aliphatic heterocycles. The number of pyridine rings is 1. The molecular formula is C12H18N4OS. The summed E-state index contributed by atoms with van der Waals surface area (Å²) in [4.78, 5) is 15.4. The van der Waals surface area contributed by atoms with E-state index in [9.17, 15) is 4.79 Å². The minimum Gasteiger partial charge on any atom is -0.389 e. The lowest BCUT2D eigenvalue weighted by Gasteiger charge is -2.14. The molecule has 1 heterocycles. The summed E-state index contributed by atoms with van der Waals surface area (Å²) in [6.07, 6.45) is 0. The second kappa shape index (κ2) is 6.30. The first kappa shape index (κ1) is 14.4. The smallest absolute Gasteiger partial charge is 0.216 e. The standard InChI is InChI=1S/C12H18N4OS/c1-7-6-10(15-5-4-14-9(3)17)11(12(13)18)8(2)16-7/h6H,4-5H2,1-3H3,(H2,13,18)(H,14,17)(H,15,16). The number of nitrogens with one attached hydrogen (secondary N) is 2. The van der Waals surface area contributed by atoms with Crippen LogP contribution in [0.15, 0.2) is 6.07 Å². The Balaban J connectivity index is 2.80. The topological polar surface area (TPSA) is 80.0 Å². The van der Waals surface area contributed by atoms with Crippen molar-refractivity contribution in [2.75, 3.05) is 18.4 Å². The molecule has 0 saturated heterocycles. The van der Waals surface area contributed by atoms with Crippen molar-refractivity contribution in [1.82, 2.24) is 10.3 Å². The van der Waals surface area contributed by atoms with E-state index in [0.717, 1.165) is 22.6 Å². The van der Waals surface area contributed by atoms with Crippen LogP contribution in [0.25, 0.3) is 0 Å². The molecule has 0 atom stereocenters. The molecule has 0 aromatic carbocycles. The van der Waals surface area contributed by atoms with Crippen LogP contribution in [-0.4, -0.2) is 29.0 Å². The Labute approximate surface area is 112 Å². The van der Waals surface area contributed by atoms with Crippen LogP contribution in [0.3, 0.4) is 0 Å². The SMILES string of the molecule is CC(=O)NCCNc1cc(C)nc(C)c1C(N)=S. The van der Waals surface area contributed by atoms with Gasteiger partial charge in [-0.3, -0.25) is 9.78 Å². The molecule has 1 aromatic rings. The predicted octanol–water partition coefficient (Wildman–Crippen LogP) is 0.881. The maximum Gasteiger partial charge on any atom is 0.216 e. The average molecular weight is 266 g/mol.